The first-order valence-corrected chi connectivity index (χ1v) is 12.2. The highest BCUT2D eigenvalue weighted by Gasteiger charge is 2.35. The van der Waals surface area contributed by atoms with E-state index in [1.807, 2.05) is 54.0 Å². The zero-order valence-corrected chi connectivity index (χ0v) is 19.8. The summed E-state index contributed by atoms with van der Waals surface area (Å²) in [5.74, 6) is 1.34. The molecular formula is C24H24ClN5O2S. The SMILES string of the molecule is CCOc1ccc(-n2c(SCC(=O)NC3(C#N)CCCC3)nnc2-c2cccc(Cl)c2)cc1. The molecule has 0 aliphatic heterocycles. The van der Waals surface area contributed by atoms with Crippen molar-refractivity contribution in [3.05, 3.63) is 53.6 Å². The van der Waals surface area contributed by atoms with Gasteiger partial charge in [0.15, 0.2) is 11.0 Å². The van der Waals surface area contributed by atoms with Gasteiger partial charge in [0.2, 0.25) is 5.91 Å². The monoisotopic (exact) mass is 481 g/mol. The van der Waals surface area contributed by atoms with E-state index < -0.39 is 5.54 Å². The van der Waals surface area contributed by atoms with Crippen LogP contribution in [-0.4, -0.2) is 38.6 Å². The van der Waals surface area contributed by atoms with Gasteiger partial charge in [0, 0.05) is 16.3 Å². The first kappa shape index (κ1) is 23.1. The lowest BCUT2D eigenvalue weighted by Gasteiger charge is -2.21. The Bertz CT molecular complexity index is 1170. The highest BCUT2D eigenvalue weighted by molar-refractivity contribution is 7.99. The number of nitriles is 1. The van der Waals surface area contributed by atoms with Gasteiger partial charge in [-0.05, 0) is 69.0 Å². The average Bonchev–Trinajstić information content (AvgIpc) is 3.46. The van der Waals surface area contributed by atoms with Crippen LogP contribution in [0, 0.1) is 11.3 Å². The van der Waals surface area contributed by atoms with E-state index in [1.54, 1.807) is 6.07 Å². The molecule has 0 atom stereocenters. The molecule has 170 valence electrons. The molecule has 1 N–H and O–H groups in total. The molecule has 33 heavy (non-hydrogen) atoms. The molecule has 0 saturated heterocycles. The van der Waals surface area contributed by atoms with E-state index in [1.165, 1.54) is 11.8 Å². The number of ether oxygens (including phenoxy) is 1. The summed E-state index contributed by atoms with van der Waals surface area (Å²) in [4.78, 5) is 12.6. The number of carbonyl (C=O) groups is 1. The van der Waals surface area contributed by atoms with Crippen molar-refractivity contribution in [3.63, 3.8) is 0 Å². The lowest BCUT2D eigenvalue weighted by Crippen LogP contribution is -2.45. The number of benzene rings is 2. The zero-order chi connectivity index (χ0) is 23.3. The van der Waals surface area contributed by atoms with E-state index in [4.69, 9.17) is 16.3 Å². The molecule has 4 rings (SSSR count). The minimum absolute atomic E-state index is 0.133. The molecule has 0 bridgehead atoms. The largest absolute Gasteiger partial charge is 0.494 e. The Morgan fingerprint density at radius 2 is 2.00 bits per heavy atom. The predicted molar refractivity (Wildman–Crippen MR) is 129 cm³/mol. The Kier molecular flexibility index (Phi) is 7.21. The first-order chi connectivity index (χ1) is 16.0. The van der Waals surface area contributed by atoms with Crippen molar-refractivity contribution in [3.8, 4) is 28.9 Å². The van der Waals surface area contributed by atoms with Gasteiger partial charge in [-0.25, -0.2) is 0 Å². The van der Waals surface area contributed by atoms with Crippen molar-refractivity contribution in [2.45, 2.75) is 43.3 Å². The molecule has 0 unspecified atom stereocenters. The van der Waals surface area contributed by atoms with Crippen molar-refractivity contribution in [2.75, 3.05) is 12.4 Å². The second-order valence-electron chi connectivity index (χ2n) is 7.82. The Balaban J connectivity index is 1.61. The summed E-state index contributed by atoms with van der Waals surface area (Å²) in [5.41, 5.74) is 0.909. The molecular weight excluding hydrogens is 458 g/mol. The molecule has 1 heterocycles. The van der Waals surface area contributed by atoms with Gasteiger partial charge in [-0.2, -0.15) is 5.26 Å². The highest BCUT2D eigenvalue weighted by atomic mass is 35.5. The van der Waals surface area contributed by atoms with Crippen LogP contribution >= 0.6 is 23.4 Å². The third-order valence-corrected chi connectivity index (χ3v) is 6.67. The van der Waals surface area contributed by atoms with Crippen LogP contribution in [0.1, 0.15) is 32.6 Å². The van der Waals surface area contributed by atoms with Crippen LogP contribution in [0.3, 0.4) is 0 Å². The van der Waals surface area contributed by atoms with Gasteiger partial charge < -0.3 is 10.1 Å². The molecule has 1 aliphatic carbocycles. The summed E-state index contributed by atoms with van der Waals surface area (Å²) in [6.45, 7) is 2.52. The van der Waals surface area contributed by atoms with Crippen LogP contribution in [0.5, 0.6) is 5.75 Å². The van der Waals surface area contributed by atoms with Crippen LogP contribution < -0.4 is 10.1 Å². The minimum atomic E-state index is -0.744. The van der Waals surface area contributed by atoms with Gasteiger partial charge in [-0.3, -0.25) is 9.36 Å². The van der Waals surface area contributed by atoms with Gasteiger partial charge in [0.05, 0.1) is 18.4 Å². The molecule has 1 aliphatic rings. The summed E-state index contributed by atoms with van der Waals surface area (Å²) < 4.78 is 7.46. The van der Waals surface area contributed by atoms with Crippen molar-refractivity contribution in [1.29, 1.82) is 5.26 Å². The predicted octanol–water partition coefficient (Wildman–Crippen LogP) is 5.03. The lowest BCUT2D eigenvalue weighted by atomic mass is 10.0. The molecule has 0 spiro atoms. The normalized spacial score (nSPS) is 14.6. The van der Waals surface area contributed by atoms with Crippen LogP contribution in [-0.2, 0) is 4.79 Å². The highest BCUT2D eigenvalue weighted by Crippen LogP contribution is 2.31. The number of rotatable bonds is 8. The maximum atomic E-state index is 12.6. The summed E-state index contributed by atoms with van der Waals surface area (Å²) in [7, 11) is 0. The summed E-state index contributed by atoms with van der Waals surface area (Å²) in [6, 6.07) is 17.3. The van der Waals surface area contributed by atoms with E-state index in [0.717, 1.165) is 29.8 Å². The fourth-order valence-electron chi connectivity index (χ4n) is 3.95. The van der Waals surface area contributed by atoms with E-state index in [-0.39, 0.29) is 11.7 Å². The molecule has 0 radical (unpaired) electrons. The molecule has 3 aromatic rings. The molecule has 1 amide bonds. The quantitative estimate of drug-likeness (QED) is 0.453. The van der Waals surface area contributed by atoms with E-state index >= 15 is 0 Å². The maximum Gasteiger partial charge on any atom is 0.231 e. The Morgan fingerprint density at radius 3 is 2.67 bits per heavy atom. The number of carbonyl (C=O) groups excluding carboxylic acids is 1. The molecule has 1 fully saturated rings. The average molecular weight is 482 g/mol. The molecule has 7 nitrogen and oxygen atoms in total. The summed E-state index contributed by atoms with van der Waals surface area (Å²) in [5, 5.41) is 22.4. The molecule has 9 heteroatoms. The Hall–Kier alpha value is -3.02. The number of nitrogens with zero attached hydrogens (tertiary/aromatic N) is 4. The maximum absolute atomic E-state index is 12.6. The topological polar surface area (TPSA) is 92.8 Å². The molecule has 1 saturated carbocycles. The second-order valence-corrected chi connectivity index (χ2v) is 9.20. The third kappa shape index (κ3) is 5.32. The van der Waals surface area contributed by atoms with Crippen LogP contribution in [0.2, 0.25) is 5.02 Å². The van der Waals surface area contributed by atoms with Crippen LogP contribution in [0.4, 0.5) is 0 Å². The number of amides is 1. The van der Waals surface area contributed by atoms with Crippen molar-refractivity contribution >= 4 is 29.3 Å². The van der Waals surface area contributed by atoms with Crippen molar-refractivity contribution in [2.24, 2.45) is 0 Å². The van der Waals surface area contributed by atoms with Crippen molar-refractivity contribution < 1.29 is 9.53 Å². The van der Waals surface area contributed by atoms with E-state index in [2.05, 4.69) is 21.6 Å². The standard InChI is InChI=1S/C24H24ClN5O2S/c1-2-32-20-10-8-19(9-11-20)30-22(17-6-5-7-18(25)14-17)28-29-23(30)33-15-21(31)27-24(16-26)12-3-4-13-24/h5-11,14H,2-4,12-13,15H2,1H3,(H,27,31). The van der Waals surface area contributed by atoms with Crippen LogP contribution in [0.25, 0.3) is 17.1 Å². The number of thioether (sulfide) groups is 1. The van der Waals surface area contributed by atoms with Gasteiger partial charge in [-0.1, -0.05) is 35.5 Å². The second kappa shape index (κ2) is 10.3. The van der Waals surface area contributed by atoms with Gasteiger partial charge >= 0.3 is 0 Å². The minimum Gasteiger partial charge on any atom is -0.494 e. The van der Waals surface area contributed by atoms with E-state index in [0.29, 0.717) is 35.5 Å². The first-order valence-electron chi connectivity index (χ1n) is 10.8. The van der Waals surface area contributed by atoms with Crippen LogP contribution in [0.15, 0.2) is 53.7 Å². The molecule has 2 aromatic carbocycles. The number of hydrogen-bond donors (Lipinski definition) is 1. The third-order valence-electron chi connectivity index (χ3n) is 5.50. The Labute approximate surface area is 202 Å². The lowest BCUT2D eigenvalue weighted by molar-refractivity contribution is -0.119. The number of nitrogens with one attached hydrogen (secondary N) is 1. The number of hydrogen-bond acceptors (Lipinski definition) is 6. The summed E-state index contributed by atoms with van der Waals surface area (Å²) >= 11 is 7.49. The fraction of sp³-hybridized carbons (Fsp3) is 0.333. The van der Waals surface area contributed by atoms with E-state index in [9.17, 15) is 10.1 Å². The van der Waals surface area contributed by atoms with Gasteiger partial charge in [0.1, 0.15) is 11.3 Å². The smallest absolute Gasteiger partial charge is 0.231 e. The van der Waals surface area contributed by atoms with Crippen molar-refractivity contribution in [1.82, 2.24) is 20.1 Å². The molecule has 1 aromatic heterocycles. The summed E-state index contributed by atoms with van der Waals surface area (Å²) in [6.07, 6.45) is 3.30. The zero-order valence-electron chi connectivity index (χ0n) is 18.3. The Morgan fingerprint density at radius 1 is 1.24 bits per heavy atom. The van der Waals surface area contributed by atoms with Gasteiger partial charge in [0.25, 0.3) is 0 Å². The fourth-order valence-corrected chi connectivity index (χ4v) is 4.89. The number of aromatic nitrogens is 3. The van der Waals surface area contributed by atoms with Gasteiger partial charge in [-0.15, -0.1) is 10.2 Å². The number of halogens is 1.